The normalized spacial score (nSPS) is 10.8. The van der Waals surface area contributed by atoms with Gasteiger partial charge >= 0.3 is 0 Å². The summed E-state index contributed by atoms with van der Waals surface area (Å²) in [5.41, 5.74) is 4.99. The molecule has 3 aromatic carbocycles. The lowest BCUT2D eigenvalue weighted by Gasteiger charge is -2.11. The van der Waals surface area contributed by atoms with Crippen LogP contribution in [0.2, 0.25) is 0 Å². The summed E-state index contributed by atoms with van der Waals surface area (Å²) in [6, 6.07) is 18.0. The Balaban J connectivity index is 2.23. The van der Waals surface area contributed by atoms with Crippen LogP contribution < -0.4 is 0 Å². The average Bonchev–Trinajstić information content (AvgIpc) is 2.50. The molecule has 0 spiro atoms. The van der Waals surface area contributed by atoms with E-state index in [1.165, 1.54) is 5.56 Å². The molecule has 0 radical (unpaired) electrons. The zero-order valence-corrected chi connectivity index (χ0v) is 12.6. The molecule has 0 bridgehead atoms. The van der Waals surface area contributed by atoms with Crippen LogP contribution in [0.15, 0.2) is 54.6 Å². The highest BCUT2D eigenvalue weighted by Gasteiger charge is 2.15. The van der Waals surface area contributed by atoms with Gasteiger partial charge in [-0.25, -0.2) is 0 Å². The number of aryl methyl sites for hydroxylation is 2. The van der Waals surface area contributed by atoms with Crippen LogP contribution in [0.5, 0.6) is 0 Å². The van der Waals surface area contributed by atoms with Gasteiger partial charge in [0.15, 0.2) is 5.78 Å². The fourth-order valence-corrected chi connectivity index (χ4v) is 2.79. The van der Waals surface area contributed by atoms with Crippen LogP contribution in [-0.2, 0) is 0 Å². The summed E-state index contributed by atoms with van der Waals surface area (Å²) < 4.78 is 0. The summed E-state index contributed by atoms with van der Waals surface area (Å²) in [5, 5.41) is 2.18. The predicted molar refractivity (Wildman–Crippen MR) is 88.0 cm³/mol. The highest BCUT2D eigenvalue weighted by atomic mass is 16.1. The third-order valence-corrected chi connectivity index (χ3v) is 4.24. The highest BCUT2D eigenvalue weighted by Crippen LogP contribution is 2.26. The first-order valence-electron chi connectivity index (χ1n) is 7.19. The minimum Gasteiger partial charge on any atom is -0.289 e. The molecule has 0 saturated carbocycles. The Morgan fingerprint density at radius 2 is 1.38 bits per heavy atom. The molecule has 0 aromatic heterocycles. The second-order valence-electron chi connectivity index (χ2n) is 5.55. The molecule has 0 heterocycles. The Kier molecular flexibility index (Phi) is 3.34. The summed E-state index contributed by atoms with van der Waals surface area (Å²) >= 11 is 0. The number of hydrogen-bond donors (Lipinski definition) is 0. The monoisotopic (exact) mass is 274 g/mol. The third kappa shape index (κ3) is 2.25. The molecule has 21 heavy (non-hydrogen) atoms. The zero-order valence-electron chi connectivity index (χ0n) is 12.6. The van der Waals surface area contributed by atoms with E-state index in [4.69, 9.17) is 0 Å². The van der Waals surface area contributed by atoms with Crippen molar-refractivity contribution in [3.8, 4) is 0 Å². The van der Waals surface area contributed by atoms with Crippen LogP contribution in [0.4, 0.5) is 0 Å². The maximum Gasteiger partial charge on any atom is 0.193 e. The van der Waals surface area contributed by atoms with Gasteiger partial charge in [0.2, 0.25) is 0 Å². The molecule has 0 fully saturated rings. The van der Waals surface area contributed by atoms with Crippen LogP contribution in [0, 0.1) is 20.8 Å². The van der Waals surface area contributed by atoms with Crippen molar-refractivity contribution in [1.29, 1.82) is 0 Å². The van der Waals surface area contributed by atoms with Crippen molar-refractivity contribution < 1.29 is 4.79 Å². The van der Waals surface area contributed by atoms with Crippen LogP contribution in [0.1, 0.15) is 32.6 Å². The number of rotatable bonds is 2. The van der Waals surface area contributed by atoms with Crippen molar-refractivity contribution >= 4 is 16.6 Å². The maximum absolute atomic E-state index is 12.9. The molecule has 0 N–H and O–H groups in total. The van der Waals surface area contributed by atoms with E-state index in [1.807, 2.05) is 62.4 Å². The van der Waals surface area contributed by atoms with Gasteiger partial charge in [-0.15, -0.1) is 0 Å². The quantitative estimate of drug-likeness (QED) is 0.601. The number of ketones is 1. The summed E-state index contributed by atoms with van der Waals surface area (Å²) in [4.78, 5) is 12.9. The Labute approximate surface area is 125 Å². The van der Waals surface area contributed by atoms with Gasteiger partial charge in [0.25, 0.3) is 0 Å². The van der Waals surface area contributed by atoms with Gasteiger partial charge in [-0.05, 0) is 48.2 Å². The highest BCUT2D eigenvalue weighted by molar-refractivity contribution is 6.17. The maximum atomic E-state index is 12.9. The molecule has 0 atom stereocenters. The molecule has 0 aliphatic carbocycles. The second kappa shape index (κ2) is 5.17. The van der Waals surface area contributed by atoms with Crippen molar-refractivity contribution in [3.63, 3.8) is 0 Å². The summed E-state index contributed by atoms with van der Waals surface area (Å²) in [6.45, 7) is 6.13. The molecule has 0 amide bonds. The van der Waals surface area contributed by atoms with E-state index in [-0.39, 0.29) is 5.78 Å². The first kappa shape index (κ1) is 13.6. The molecule has 1 nitrogen and oxygen atoms in total. The molecule has 3 rings (SSSR count). The fraction of sp³-hybridized carbons (Fsp3) is 0.150. The van der Waals surface area contributed by atoms with E-state index in [2.05, 4.69) is 13.0 Å². The summed E-state index contributed by atoms with van der Waals surface area (Å²) in [5.74, 6) is 0.104. The minimum absolute atomic E-state index is 0.104. The lowest BCUT2D eigenvalue weighted by molar-refractivity contribution is 0.103. The SMILES string of the molecule is Cc1cccc(C(=O)c2ccc(C)c3ccccc23)c1C. The first-order chi connectivity index (χ1) is 10.1. The van der Waals surface area contributed by atoms with Gasteiger partial charge < -0.3 is 0 Å². The second-order valence-corrected chi connectivity index (χ2v) is 5.55. The topological polar surface area (TPSA) is 17.1 Å². The molecule has 0 unspecified atom stereocenters. The average molecular weight is 274 g/mol. The van der Waals surface area contributed by atoms with Gasteiger partial charge in [-0.2, -0.15) is 0 Å². The summed E-state index contributed by atoms with van der Waals surface area (Å²) in [7, 11) is 0. The third-order valence-electron chi connectivity index (χ3n) is 4.24. The van der Waals surface area contributed by atoms with E-state index < -0.39 is 0 Å². The Bertz CT molecular complexity index is 844. The molecular formula is C20H18O. The van der Waals surface area contributed by atoms with E-state index in [0.717, 1.165) is 33.0 Å². The van der Waals surface area contributed by atoms with E-state index in [9.17, 15) is 4.79 Å². The van der Waals surface area contributed by atoms with Crippen LogP contribution in [0.3, 0.4) is 0 Å². The minimum atomic E-state index is 0.104. The molecule has 104 valence electrons. The van der Waals surface area contributed by atoms with Crippen molar-refractivity contribution in [3.05, 3.63) is 82.4 Å². The number of benzene rings is 3. The van der Waals surface area contributed by atoms with Crippen molar-refractivity contribution in [2.75, 3.05) is 0 Å². The summed E-state index contributed by atoms with van der Waals surface area (Å²) in [6.07, 6.45) is 0. The Morgan fingerprint density at radius 3 is 2.14 bits per heavy atom. The molecule has 0 aliphatic rings. The molecule has 1 heteroatoms. The first-order valence-corrected chi connectivity index (χ1v) is 7.19. The van der Waals surface area contributed by atoms with Gasteiger partial charge in [0.1, 0.15) is 0 Å². The van der Waals surface area contributed by atoms with Crippen molar-refractivity contribution in [2.45, 2.75) is 20.8 Å². The number of carbonyl (C=O) groups excluding carboxylic acids is 1. The largest absolute Gasteiger partial charge is 0.289 e. The molecule has 0 aliphatic heterocycles. The lowest BCUT2D eigenvalue weighted by Crippen LogP contribution is -2.05. The number of fused-ring (bicyclic) bond motifs is 1. The van der Waals surface area contributed by atoms with E-state index >= 15 is 0 Å². The predicted octanol–water partition coefficient (Wildman–Crippen LogP) is 5.00. The van der Waals surface area contributed by atoms with Crippen LogP contribution in [-0.4, -0.2) is 5.78 Å². The van der Waals surface area contributed by atoms with Gasteiger partial charge in [-0.3, -0.25) is 4.79 Å². The van der Waals surface area contributed by atoms with E-state index in [1.54, 1.807) is 0 Å². The van der Waals surface area contributed by atoms with Crippen molar-refractivity contribution in [1.82, 2.24) is 0 Å². The van der Waals surface area contributed by atoms with Crippen LogP contribution in [0.25, 0.3) is 10.8 Å². The molecule has 3 aromatic rings. The van der Waals surface area contributed by atoms with Gasteiger partial charge in [-0.1, -0.05) is 54.6 Å². The number of carbonyl (C=O) groups is 1. The lowest BCUT2D eigenvalue weighted by atomic mass is 9.92. The van der Waals surface area contributed by atoms with Gasteiger partial charge in [0, 0.05) is 11.1 Å². The van der Waals surface area contributed by atoms with E-state index in [0.29, 0.717) is 0 Å². The standard InChI is InChI=1S/C20H18O/c1-13-7-6-10-17(15(13)3)20(21)19-12-11-14(2)16-8-4-5-9-18(16)19/h4-12H,1-3H3. The number of hydrogen-bond acceptors (Lipinski definition) is 1. The van der Waals surface area contributed by atoms with Gasteiger partial charge in [0.05, 0.1) is 0 Å². The Hall–Kier alpha value is -2.41. The molecular weight excluding hydrogens is 256 g/mol. The zero-order chi connectivity index (χ0) is 15.0. The fourth-order valence-electron chi connectivity index (χ4n) is 2.79. The molecule has 0 saturated heterocycles. The Morgan fingerprint density at radius 1 is 0.667 bits per heavy atom. The van der Waals surface area contributed by atoms with Crippen molar-refractivity contribution in [2.24, 2.45) is 0 Å². The van der Waals surface area contributed by atoms with Crippen LogP contribution >= 0.6 is 0 Å². The smallest absolute Gasteiger partial charge is 0.193 e.